The number of halogens is 1. The standard InChI is InChI=1S/C21H24ClN3O4S/c1-3-19(21(27)23-2)24(12-16-6-4-5-7-18(16)22)20(26)14-30-13-15-8-10-17(11-9-15)25(28)29/h4-11,19H,3,12-14H2,1-2H3,(H,23,27). The summed E-state index contributed by atoms with van der Waals surface area (Å²) in [5.74, 6) is 0.311. The molecule has 0 radical (unpaired) electrons. The average Bonchev–Trinajstić information content (AvgIpc) is 2.74. The van der Waals surface area contributed by atoms with Crippen LogP contribution in [-0.2, 0) is 21.9 Å². The number of amides is 2. The molecule has 2 rings (SSSR count). The monoisotopic (exact) mass is 449 g/mol. The van der Waals surface area contributed by atoms with Crippen LogP contribution in [0.1, 0.15) is 24.5 Å². The second-order valence-electron chi connectivity index (χ2n) is 6.57. The molecule has 0 aliphatic rings. The number of thioether (sulfide) groups is 1. The van der Waals surface area contributed by atoms with Crippen molar-refractivity contribution in [2.45, 2.75) is 31.7 Å². The number of hydrogen-bond donors (Lipinski definition) is 1. The molecular weight excluding hydrogens is 426 g/mol. The molecule has 0 saturated carbocycles. The van der Waals surface area contributed by atoms with Gasteiger partial charge in [-0.05, 0) is 23.6 Å². The van der Waals surface area contributed by atoms with E-state index in [2.05, 4.69) is 5.32 Å². The van der Waals surface area contributed by atoms with E-state index in [0.29, 0.717) is 17.2 Å². The van der Waals surface area contributed by atoms with E-state index in [1.807, 2.05) is 25.1 Å². The molecule has 7 nitrogen and oxygen atoms in total. The molecule has 160 valence electrons. The van der Waals surface area contributed by atoms with Gasteiger partial charge in [0.2, 0.25) is 11.8 Å². The van der Waals surface area contributed by atoms with Gasteiger partial charge >= 0.3 is 0 Å². The van der Waals surface area contributed by atoms with Crippen molar-refractivity contribution in [3.05, 3.63) is 74.8 Å². The van der Waals surface area contributed by atoms with Gasteiger partial charge in [-0.1, -0.05) is 48.9 Å². The Morgan fingerprint density at radius 1 is 1.20 bits per heavy atom. The van der Waals surface area contributed by atoms with Crippen molar-refractivity contribution in [2.75, 3.05) is 12.8 Å². The van der Waals surface area contributed by atoms with E-state index in [9.17, 15) is 19.7 Å². The Morgan fingerprint density at radius 2 is 1.87 bits per heavy atom. The number of nitro benzene ring substituents is 1. The zero-order valence-corrected chi connectivity index (χ0v) is 18.4. The third-order valence-electron chi connectivity index (χ3n) is 4.57. The van der Waals surface area contributed by atoms with Gasteiger partial charge in [-0.15, -0.1) is 11.8 Å². The van der Waals surface area contributed by atoms with E-state index >= 15 is 0 Å². The minimum absolute atomic E-state index is 0.0297. The first-order valence-electron chi connectivity index (χ1n) is 9.42. The van der Waals surface area contributed by atoms with Crippen molar-refractivity contribution in [1.29, 1.82) is 0 Å². The van der Waals surface area contributed by atoms with E-state index in [4.69, 9.17) is 11.6 Å². The number of carbonyl (C=O) groups excluding carboxylic acids is 2. The second-order valence-corrected chi connectivity index (χ2v) is 7.96. The fraction of sp³-hybridized carbons (Fsp3) is 0.333. The molecule has 2 aromatic rings. The molecule has 0 saturated heterocycles. The van der Waals surface area contributed by atoms with Gasteiger partial charge in [0, 0.05) is 36.5 Å². The fourth-order valence-electron chi connectivity index (χ4n) is 2.95. The van der Waals surface area contributed by atoms with Crippen LogP contribution in [0.5, 0.6) is 0 Å². The zero-order valence-electron chi connectivity index (χ0n) is 16.8. The Labute approximate surface area is 184 Å². The van der Waals surface area contributed by atoms with Gasteiger partial charge in [0.1, 0.15) is 6.04 Å². The molecule has 0 aliphatic carbocycles. The van der Waals surface area contributed by atoms with E-state index < -0.39 is 11.0 Å². The molecule has 30 heavy (non-hydrogen) atoms. The highest BCUT2D eigenvalue weighted by molar-refractivity contribution is 7.99. The lowest BCUT2D eigenvalue weighted by Gasteiger charge is -2.30. The fourth-order valence-corrected chi connectivity index (χ4v) is 4.02. The van der Waals surface area contributed by atoms with Crippen molar-refractivity contribution >= 4 is 40.9 Å². The summed E-state index contributed by atoms with van der Waals surface area (Å²) in [6.07, 6.45) is 0.475. The van der Waals surface area contributed by atoms with Crippen molar-refractivity contribution < 1.29 is 14.5 Å². The van der Waals surface area contributed by atoms with E-state index in [-0.39, 0.29) is 29.8 Å². The predicted octanol–water partition coefficient (Wildman–Crippen LogP) is 4.03. The lowest BCUT2D eigenvalue weighted by atomic mass is 10.1. The highest BCUT2D eigenvalue weighted by Crippen LogP contribution is 2.22. The number of non-ortho nitro benzene ring substituents is 1. The predicted molar refractivity (Wildman–Crippen MR) is 119 cm³/mol. The van der Waals surface area contributed by atoms with Crippen LogP contribution in [0.15, 0.2) is 48.5 Å². The van der Waals surface area contributed by atoms with Gasteiger partial charge in [-0.3, -0.25) is 19.7 Å². The highest BCUT2D eigenvalue weighted by Gasteiger charge is 2.28. The van der Waals surface area contributed by atoms with Crippen molar-refractivity contribution in [1.82, 2.24) is 10.2 Å². The van der Waals surface area contributed by atoms with Gasteiger partial charge in [-0.2, -0.15) is 0 Å². The summed E-state index contributed by atoms with van der Waals surface area (Å²) in [5, 5.41) is 13.9. The van der Waals surface area contributed by atoms with Crippen molar-refractivity contribution in [3.63, 3.8) is 0 Å². The van der Waals surface area contributed by atoms with E-state index in [0.717, 1.165) is 11.1 Å². The lowest BCUT2D eigenvalue weighted by molar-refractivity contribution is -0.384. The third-order valence-corrected chi connectivity index (χ3v) is 5.93. The van der Waals surface area contributed by atoms with Gasteiger partial charge in [-0.25, -0.2) is 0 Å². The summed E-state index contributed by atoms with van der Waals surface area (Å²) in [5.41, 5.74) is 1.69. The quantitative estimate of drug-likeness (QED) is 0.436. The number of likely N-dealkylation sites (N-methyl/N-ethyl adjacent to an activating group) is 1. The molecule has 2 aromatic carbocycles. The summed E-state index contributed by atoms with van der Waals surface area (Å²) in [7, 11) is 1.55. The van der Waals surface area contributed by atoms with Crippen LogP contribution in [0, 0.1) is 10.1 Å². The van der Waals surface area contributed by atoms with Gasteiger partial charge < -0.3 is 10.2 Å². The summed E-state index contributed by atoms with van der Waals surface area (Å²) < 4.78 is 0. The maximum Gasteiger partial charge on any atom is 0.269 e. The number of nitrogens with zero attached hydrogens (tertiary/aromatic N) is 2. The van der Waals surface area contributed by atoms with Crippen LogP contribution < -0.4 is 5.32 Å². The highest BCUT2D eigenvalue weighted by atomic mass is 35.5. The van der Waals surface area contributed by atoms with Crippen LogP contribution >= 0.6 is 23.4 Å². The van der Waals surface area contributed by atoms with Crippen LogP contribution in [-0.4, -0.2) is 40.5 Å². The number of rotatable bonds is 10. The SMILES string of the molecule is CCC(C(=O)NC)N(Cc1ccccc1Cl)C(=O)CSCc1ccc([N+](=O)[O-])cc1. The largest absolute Gasteiger partial charge is 0.357 e. The molecule has 1 unspecified atom stereocenters. The van der Waals surface area contributed by atoms with Crippen molar-refractivity contribution in [2.24, 2.45) is 0 Å². The lowest BCUT2D eigenvalue weighted by Crippen LogP contribution is -2.48. The van der Waals surface area contributed by atoms with E-state index in [1.165, 1.54) is 23.9 Å². The summed E-state index contributed by atoms with van der Waals surface area (Å²) in [6.45, 7) is 2.10. The van der Waals surface area contributed by atoms with Crippen LogP contribution in [0.4, 0.5) is 5.69 Å². The molecule has 0 fully saturated rings. The van der Waals surface area contributed by atoms with Crippen LogP contribution in [0.3, 0.4) is 0 Å². The number of hydrogen-bond acceptors (Lipinski definition) is 5. The van der Waals surface area contributed by atoms with Crippen LogP contribution in [0.2, 0.25) is 5.02 Å². The molecule has 0 heterocycles. The van der Waals surface area contributed by atoms with Gasteiger partial charge in [0.05, 0.1) is 10.7 Å². The molecule has 2 amide bonds. The molecule has 9 heteroatoms. The Hall–Kier alpha value is -2.58. The Kier molecular flexibility index (Phi) is 9.14. The Balaban J connectivity index is 2.08. The Morgan fingerprint density at radius 3 is 2.43 bits per heavy atom. The second kappa shape index (κ2) is 11.6. The summed E-state index contributed by atoms with van der Waals surface area (Å²) in [6, 6.07) is 12.9. The minimum atomic E-state index is -0.598. The maximum atomic E-state index is 13.0. The number of nitro groups is 1. The molecule has 1 N–H and O–H groups in total. The minimum Gasteiger partial charge on any atom is -0.357 e. The molecule has 0 spiro atoms. The van der Waals surface area contributed by atoms with E-state index in [1.54, 1.807) is 30.1 Å². The first-order valence-corrected chi connectivity index (χ1v) is 11.0. The van der Waals surface area contributed by atoms with Crippen molar-refractivity contribution in [3.8, 4) is 0 Å². The van der Waals surface area contributed by atoms with Gasteiger partial charge in [0.15, 0.2) is 0 Å². The first-order chi connectivity index (χ1) is 14.4. The molecule has 1 atom stereocenters. The summed E-state index contributed by atoms with van der Waals surface area (Å²) >= 11 is 7.66. The molecule has 0 bridgehead atoms. The summed E-state index contributed by atoms with van der Waals surface area (Å²) in [4.78, 5) is 37.2. The first kappa shape index (κ1) is 23.7. The molecule has 0 aromatic heterocycles. The van der Waals surface area contributed by atoms with Crippen LogP contribution in [0.25, 0.3) is 0 Å². The average molecular weight is 450 g/mol. The normalized spacial score (nSPS) is 11.6. The number of nitrogens with one attached hydrogen (secondary N) is 1. The smallest absolute Gasteiger partial charge is 0.269 e. The molecular formula is C21H24ClN3O4S. The number of benzene rings is 2. The maximum absolute atomic E-state index is 13.0. The molecule has 0 aliphatic heterocycles. The topological polar surface area (TPSA) is 92.6 Å². The zero-order chi connectivity index (χ0) is 22.1. The Bertz CT molecular complexity index is 892. The third kappa shape index (κ3) is 6.47. The van der Waals surface area contributed by atoms with Gasteiger partial charge in [0.25, 0.3) is 5.69 Å². The number of carbonyl (C=O) groups is 2.